The van der Waals surface area contributed by atoms with Crippen LogP contribution in [0.5, 0.6) is 0 Å². The van der Waals surface area contributed by atoms with Crippen molar-refractivity contribution in [2.75, 3.05) is 102 Å². The number of amides is 11. The molecule has 0 bridgehead atoms. The zero-order valence-corrected chi connectivity index (χ0v) is 67.7. The molecular formula is C76H121N11O16S3. The lowest BCUT2D eigenvalue weighted by atomic mass is 9.83. The molecule has 2 aromatic carbocycles. The maximum Gasteiger partial charge on any atom is 0.410 e. The Morgan fingerprint density at radius 2 is 1.26 bits per heavy atom. The molecule has 2 aliphatic rings. The smallest absolute Gasteiger partial charge is 0.410 e. The Hall–Kier alpha value is -6.99. The number of nitrogens with one attached hydrogen (secondary N) is 4. The number of urea groups is 1. The van der Waals surface area contributed by atoms with Gasteiger partial charge in [-0.05, 0) is 92.0 Å². The van der Waals surface area contributed by atoms with Gasteiger partial charge in [0.05, 0.1) is 86.6 Å². The number of ether oxygens (including phenoxy) is 3. The van der Waals surface area contributed by atoms with Crippen LogP contribution in [0.15, 0.2) is 54.6 Å². The third-order valence-electron chi connectivity index (χ3n) is 20.0. The largest absolute Gasteiger partial charge is 0.445 e. The van der Waals surface area contributed by atoms with E-state index in [1.165, 1.54) is 76.2 Å². The summed E-state index contributed by atoms with van der Waals surface area (Å²) in [6, 6.07) is 11.2. The van der Waals surface area contributed by atoms with Crippen LogP contribution in [0.1, 0.15) is 157 Å². The van der Waals surface area contributed by atoms with Crippen molar-refractivity contribution in [3.8, 4) is 0 Å². The number of benzene rings is 2. The van der Waals surface area contributed by atoms with E-state index in [-0.39, 0.29) is 149 Å². The number of Topliss-reactive ketones (excluding diaryl/α,β-unsaturated/α-hetero) is 2. The lowest BCUT2D eigenvalue weighted by molar-refractivity contribution is -0.158. The normalized spacial score (nSPS) is 17.0. The van der Waals surface area contributed by atoms with Crippen LogP contribution in [-0.4, -0.2) is 245 Å². The number of aliphatic hydroxyl groups excluding tert-OH is 1. The molecule has 12 atom stereocenters. The molecule has 30 heteroatoms. The maximum absolute atomic E-state index is 14.9. The second-order valence-corrected chi connectivity index (χ2v) is 32.0. The summed E-state index contributed by atoms with van der Waals surface area (Å²) in [6.07, 6.45) is 3.08. The van der Waals surface area contributed by atoms with Crippen LogP contribution in [0, 0.1) is 41.4 Å². The molecule has 0 aliphatic carbocycles. The van der Waals surface area contributed by atoms with Crippen molar-refractivity contribution in [2.24, 2.45) is 47.2 Å². The molecule has 2 aliphatic heterocycles. The number of carbonyl (C=O) groups excluding carboxylic acids is 12. The highest BCUT2D eigenvalue weighted by Crippen LogP contribution is 2.33. The van der Waals surface area contributed by atoms with Crippen molar-refractivity contribution >= 4 is 112 Å². The quantitative estimate of drug-likeness (QED) is 0.0345. The van der Waals surface area contributed by atoms with Crippen LogP contribution in [-0.2, 0) is 68.8 Å². The Bertz CT molecular complexity index is 3160. The van der Waals surface area contributed by atoms with Crippen LogP contribution >= 0.6 is 35.3 Å². The number of hydrogen-bond acceptors (Lipinski definition) is 19. The fourth-order valence-electron chi connectivity index (χ4n) is 13.7. The number of thioether (sulfide) groups is 3. The first kappa shape index (κ1) is 91.4. The van der Waals surface area contributed by atoms with E-state index in [0.717, 1.165) is 0 Å². The molecule has 11 amide bonds. The van der Waals surface area contributed by atoms with Gasteiger partial charge in [-0.25, -0.2) is 9.59 Å². The van der Waals surface area contributed by atoms with Gasteiger partial charge < -0.3 is 75.7 Å². The molecule has 0 radical (unpaired) electrons. The first-order chi connectivity index (χ1) is 50.2. The zero-order valence-electron chi connectivity index (χ0n) is 65.3. The molecule has 2 heterocycles. The number of nitrogens with zero attached hydrogens (tertiary/aromatic N) is 6. The highest BCUT2D eigenvalue weighted by atomic mass is 32.2. The predicted molar refractivity (Wildman–Crippen MR) is 415 cm³/mol. The van der Waals surface area contributed by atoms with Gasteiger partial charge in [0.25, 0.3) is 0 Å². The first-order valence-corrected chi connectivity index (χ1v) is 40.9. The lowest BCUT2D eigenvalue weighted by Gasteiger charge is -2.42. The number of hydrogen-bond donors (Lipinski definition) is 6. The average Bonchev–Trinajstić information content (AvgIpc) is 1.43. The minimum Gasteiger partial charge on any atom is -0.445 e. The summed E-state index contributed by atoms with van der Waals surface area (Å²) in [5.74, 6) is -5.38. The van der Waals surface area contributed by atoms with Crippen molar-refractivity contribution in [1.29, 1.82) is 0 Å². The first-order valence-electron chi connectivity index (χ1n) is 37.0. The highest BCUT2D eigenvalue weighted by molar-refractivity contribution is 8.00. The van der Waals surface area contributed by atoms with Crippen LogP contribution in [0.2, 0.25) is 0 Å². The highest BCUT2D eigenvalue weighted by Gasteiger charge is 2.45. The molecule has 0 aromatic heterocycles. The van der Waals surface area contributed by atoms with Gasteiger partial charge in [0.1, 0.15) is 6.61 Å². The monoisotopic (exact) mass is 1540 g/mol. The standard InChI is InChI=1S/C76H121N11O16S3/c1-17-50(8)69(61(101-13)41-66(94)87-35-22-26-58(87)71(102-14)51(9)72(96)79-52(10)70(95)54-23-19-18-20-24-54)82(11)74(98)57(47(2)3)40-60(89)68(49(6)7)83(12)76(100)103-42-53-27-29-56(30-28-53)80-73(97)55(25-21-34-78-75(77)99)39-59(88)67(48(4)5)81-62(90)43-106-38-33-65(93)86-45-84(63(91)31-36-104-15)44-85(46-86)64(92)32-37-105-16/h18-20,23-24,27-30,47-52,55,57-58,61,67-71,95H,17,21-22,25-26,31-46H2,1-16H3,(H,79,96)(H,80,97)(H,81,90)(H3,77,78,99)/t50-,51+,52+,55+,57-,58-,61+,67-,68-,69-,70+,71+/m0/s1. The Labute approximate surface area is 640 Å². The number of rotatable bonds is 45. The van der Waals surface area contributed by atoms with Gasteiger partial charge in [-0.3, -0.25) is 47.9 Å². The molecule has 2 fully saturated rings. The van der Waals surface area contributed by atoms with Gasteiger partial charge in [-0.15, -0.1) is 0 Å². The average molecular weight is 1540 g/mol. The van der Waals surface area contributed by atoms with Gasteiger partial charge >= 0.3 is 12.1 Å². The van der Waals surface area contributed by atoms with Crippen molar-refractivity contribution in [2.45, 2.75) is 195 Å². The van der Waals surface area contributed by atoms with E-state index in [2.05, 4.69) is 21.3 Å². The second-order valence-electron chi connectivity index (χ2n) is 28.9. The van der Waals surface area contributed by atoms with Crippen LogP contribution in [0.4, 0.5) is 15.3 Å². The van der Waals surface area contributed by atoms with E-state index in [1.54, 1.807) is 94.8 Å². The molecular weight excluding hydrogens is 1420 g/mol. The summed E-state index contributed by atoms with van der Waals surface area (Å²) >= 11 is 4.25. The van der Waals surface area contributed by atoms with E-state index in [1.807, 2.05) is 58.4 Å². The van der Waals surface area contributed by atoms with Gasteiger partial charge in [0.2, 0.25) is 47.3 Å². The molecule has 106 heavy (non-hydrogen) atoms. The van der Waals surface area contributed by atoms with Crippen molar-refractivity contribution in [1.82, 2.24) is 45.3 Å². The predicted octanol–water partition coefficient (Wildman–Crippen LogP) is 7.77. The lowest BCUT2D eigenvalue weighted by Crippen LogP contribution is -2.59. The Morgan fingerprint density at radius 3 is 1.78 bits per heavy atom. The van der Waals surface area contributed by atoms with Gasteiger partial charge in [-0.2, -0.15) is 35.3 Å². The number of likely N-dealkylation sites (tertiary alicyclic amines) is 1. The number of carbonyl (C=O) groups is 12. The Balaban J connectivity index is 1.37. The molecule has 0 unspecified atom stereocenters. The number of primary amides is 1. The summed E-state index contributed by atoms with van der Waals surface area (Å²) in [5, 5.41) is 22.1. The summed E-state index contributed by atoms with van der Waals surface area (Å²) in [4.78, 5) is 173. The van der Waals surface area contributed by atoms with Crippen molar-refractivity contribution in [3.63, 3.8) is 0 Å². The van der Waals surface area contributed by atoms with Crippen LogP contribution in [0.25, 0.3) is 0 Å². The number of anilines is 1. The van der Waals surface area contributed by atoms with Gasteiger partial charge in [-0.1, -0.05) is 111 Å². The molecule has 7 N–H and O–H groups in total. The van der Waals surface area contributed by atoms with Crippen LogP contribution < -0.4 is 27.0 Å². The zero-order chi connectivity index (χ0) is 79.1. The van der Waals surface area contributed by atoms with Gasteiger partial charge in [0.15, 0.2) is 11.6 Å². The fraction of sp³-hybridized carbons (Fsp3) is 0.684. The van der Waals surface area contributed by atoms with E-state index < -0.39 is 102 Å². The van der Waals surface area contributed by atoms with Crippen LogP contribution in [0.3, 0.4) is 0 Å². The summed E-state index contributed by atoms with van der Waals surface area (Å²) in [7, 11) is 6.18. The number of likely N-dealkylation sites (N-methyl/N-ethyl adjacent to an activating group) is 2. The number of aliphatic hydroxyl groups is 1. The van der Waals surface area contributed by atoms with Crippen molar-refractivity contribution in [3.05, 3.63) is 65.7 Å². The SMILES string of the molecule is CC[C@H](C)[C@@H]([C@@H](CC(=O)N1CCC[C@H]1[C@H](OC)[C@@H](C)C(=O)N[C@H](C)[C@@H](O)c1ccccc1)OC)N(C)C(=O)[C@@H](CC(=O)[C@H](C(C)C)N(C)C(=O)OCc1ccc(NC(=O)[C@H](CCCNC(N)=O)CC(=O)[C@@H](NC(=O)CSCCC(=O)N2CN(C(=O)CCSC)CN(C(=O)CCSC)C2)C(C)C)cc1)C(C)C. The molecule has 2 aromatic rings. The molecule has 0 spiro atoms. The van der Waals surface area contributed by atoms with E-state index >= 15 is 0 Å². The Kier molecular flexibility index (Phi) is 40.0. The van der Waals surface area contributed by atoms with E-state index in [4.69, 9.17) is 19.9 Å². The van der Waals surface area contributed by atoms with E-state index in [9.17, 15) is 62.6 Å². The summed E-state index contributed by atoms with van der Waals surface area (Å²) in [6.45, 7) is 18.9. The topological polar surface area (TPSA) is 346 Å². The third-order valence-corrected chi connectivity index (χ3v) is 22.2. The summed E-state index contributed by atoms with van der Waals surface area (Å²) in [5.41, 5.74) is 6.88. The van der Waals surface area contributed by atoms with E-state index in [0.29, 0.717) is 60.5 Å². The number of methoxy groups -OCH3 is 2. The van der Waals surface area contributed by atoms with Gasteiger partial charge in [0, 0.05) is 108 Å². The molecule has 2 saturated heterocycles. The summed E-state index contributed by atoms with van der Waals surface area (Å²) < 4.78 is 17.9. The maximum atomic E-state index is 14.9. The molecule has 27 nitrogen and oxygen atoms in total. The second kappa shape index (κ2) is 46.4. The minimum atomic E-state index is -0.984. The molecule has 594 valence electrons. The third kappa shape index (κ3) is 28.2. The fourth-order valence-corrected chi connectivity index (χ4v) is 15.2. The minimum absolute atomic E-state index is 0.0382. The van der Waals surface area contributed by atoms with Crippen molar-refractivity contribution < 1.29 is 76.9 Å². The Morgan fingerprint density at radius 1 is 0.679 bits per heavy atom. The number of ketones is 2. The number of nitrogens with two attached hydrogens (primary N) is 1. The molecule has 4 rings (SSSR count). The molecule has 0 saturated carbocycles.